The fourth-order valence-corrected chi connectivity index (χ4v) is 3.33. The standard InChI is InChI=1S/C16H26N4O2S.HI/c1-3-18-16(20-10-4-5-11-20)19-12-14-6-8-15(9-7-14)13-23(21,22)17-2;/h6-9,17H,3-5,10-13H2,1-2H3,(H,18,19);1H. The molecule has 1 heterocycles. The third-order valence-electron chi connectivity index (χ3n) is 3.84. The van der Waals surface area contributed by atoms with Crippen LogP contribution in [0.15, 0.2) is 29.3 Å². The molecule has 24 heavy (non-hydrogen) atoms. The third-order valence-corrected chi connectivity index (χ3v) is 5.18. The Morgan fingerprint density at radius 1 is 1.17 bits per heavy atom. The second kappa shape index (κ2) is 10.2. The van der Waals surface area contributed by atoms with Crippen molar-refractivity contribution < 1.29 is 8.42 Å². The van der Waals surface area contributed by atoms with Gasteiger partial charge in [0.05, 0.1) is 12.3 Å². The molecule has 1 aliphatic heterocycles. The van der Waals surface area contributed by atoms with E-state index in [0.717, 1.165) is 36.7 Å². The fraction of sp³-hybridized carbons (Fsp3) is 0.562. The van der Waals surface area contributed by atoms with Gasteiger partial charge in [-0.25, -0.2) is 18.1 Å². The van der Waals surface area contributed by atoms with Crippen molar-refractivity contribution in [2.24, 2.45) is 4.99 Å². The highest BCUT2D eigenvalue weighted by Crippen LogP contribution is 2.11. The van der Waals surface area contributed by atoms with Crippen LogP contribution in [0, 0.1) is 0 Å². The predicted molar refractivity (Wildman–Crippen MR) is 109 cm³/mol. The number of sulfonamides is 1. The molecular weight excluding hydrogens is 439 g/mol. The summed E-state index contributed by atoms with van der Waals surface area (Å²) in [5.74, 6) is 0.968. The molecule has 0 bridgehead atoms. The molecule has 8 heteroatoms. The zero-order chi connectivity index (χ0) is 16.7. The first-order chi connectivity index (χ1) is 11.0. The Hall–Kier alpha value is -0.870. The number of nitrogens with zero attached hydrogens (tertiary/aromatic N) is 2. The summed E-state index contributed by atoms with van der Waals surface area (Å²) >= 11 is 0. The third kappa shape index (κ3) is 6.56. The van der Waals surface area contributed by atoms with Crippen molar-refractivity contribution in [1.82, 2.24) is 14.9 Å². The summed E-state index contributed by atoms with van der Waals surface area (Å²) in [4.78, 5) is 6.98. The van der Waals surface area contributed by atoms with E-state index >= 15 is 0 Å². The second-order valence-corrected chi connectivity index (χ2v) is 7.57. The number of hydrogen-bond donors (Lipinski definition) is 2. The Balaban J connectivity index is 0.00000288. The summed E-state index contributed by atoms with van der Waals surface area (Å²) in [7, 11) is -1.79. The average molecular weight is 466 g/mol. The zero-order valence-corrected chi connectivity index (χ0v) is 17.4. The van der Waals surface area contributed by atoms with Gasteiger partial charge in [0.15, 0.2) is 5.96 Å². The number of nitrogens with one attached hydrogen (secondary N) is 2. The topological polar surface area (TPSA) is 73.8 Å². The Labute approximate surface area is 162 Å². The number of hydrogen-bond acceptors (Lipinski definition) is 3. The van der Waals surface area contributed by atoms with Crippen molar-refractivity contribution >= 4 is 40.0 Å². The summed E-state index contributed by atoms with van der Waals surface area (Å²) in [6, 6.07) is 7.58. The summed E-state index contributed by atoms with van der Waals surface area (Å²) in [6.07, 6.45) is 2.44. The van der Waals surface area contributed by atoms with Crippen LogP contribution in [-0.2, 0) is 22.3 Å². The lowest BCUT2D eigenvalue weighted by atomic mass is 10.1. The van der Waals surface area contributed by atoms with E-state index in [4.69, 9.17) is 0 Å². The lowest BCUT2D eigenvalue weighted by Gasteiger charge is -2.20. The minimum absolute atomic E-state index is 0. The van der Waals surface area contributed by atoms with Gasteiger partial charge in [-0.3, -0.25) is 0 Å². The lowest BCUT2D eigenvalue weighted by Crippen LogP contribution is -2.39. The van der Waals surface area contributed by atoms with Crippen LogP contribution in [0.3, 0.4) is 0 Å². The van der Waals surface area contributed by atoms with E-state index in [1.807, 2.05) is 24.3 Å². The summed E-state index contributed by atoms with van der Waals surface area (Å²) in [5.41, 5.74) is 1.85. The molecular formula is C16H27IN4O2S. The summed E-state index contributed by atoms with van der Waals surface area (Å²) in [6.45, 7) is 5.65. The minimum Gasteiger partial charge on any atom is -0.357 e. The maximum absolute atomic E-state index is 11.5. The zero-order valence-electron chi connectivity index (χ0n) is 14.3. The first-order valence-corrected chi connectivity index (χ1v) is 9.71. The Morgan fingerprint density at radius 2 is 1.75 bits per heavy atom. The molecule has 2 rings (SSSR count). The van der Waals surface area contributed by atoms with Crippen LogP contribution < -0.4 is 10.0 Å². The van der Waals surface area contributed by atoms with Gasteiger partial charge in [-0.2, -0.15) is 0 Å². The van der Waals surface area contributed by atoms with E-state index in [-0.39, 0.29) is 29.7 Å². The molecule has 0 aliphatic carbocycles. The first kappa shape index (κ1) is 21.2. The van der Waals surface area contributed by atoms with Gasteiger partial charge < -0.3 is 10.2 Å². The van der Waals surface area contributed by atoms with Crippen molar-refractivity contribution in [3.05, 3.63) is 35.4 Å². The maximum atomic E-state index is 11.5. The number of halogens is 1. The fourth-order valence-electron chi connectivity index (χ4n) is 2.55. The van der Waals surface area contributed by atoms with Crippen molar-refractivity contribution in [2.75, 3.05) is 26.7 Å². The molecule has 1 aromatic carbocycles. The van der Waals surface area contributed by atoms with Crippen molar-refractivity contribution in [3.63, 3.8) is 0 Å². The largest absolute Gasteiger partial charge is 0.357 e. The van der Waals surface area contributed by atoms with Crippen LogP contribution in [-0.4, -0.2) is 46.0 Å². The van der Waals surface area contributed by atoms with Crippen molar-refractivity contribution in [1.29, 1.82) is 0 Å². The smallest absolute Gasteiger partial charge is 0.215 e. The first-order valence-electron chi connectivity index (χ1n) is 8.06. The van der Waals surface area contributed by atoms with Gasteiger partial charge in [0.2, 0.25) is 10.0 Å². The van der Waals surface area contributed by atoms with Gasteiger partial charge in [-0.05, 0) is 37.9 Å². The molecule has 0 saturated carbocycles. The Bertz CT molecular complexity index is 626. The number of guanidine groups is 1. The molecule has 0 spiro atoms. The minimum atomic E-state index is -3.22. The van der Waals surface area contributed by atoms with Gasteiger partial charge in [0.25, 0.3) is 0 Å². The molecule has 1 aliphatic rings. The lowest BCUT2D eigenvalue weighted by molar-refractivity contribution is 0.493. The summed E-state index contributed by atoms with van der Waals surface area (Å²) < 4.78 is 25.4. The molecule has 0 amide bonds. The van der Waals surface area contributed by atoms with E-state index < -0.39 is 10.0 Å². The molecule has 0 atom stereocenters. The van der Waals surface area contributed by atoms with Crippen LogP contribution in [0.25, 0.3) is 0 Å². The normalized spacial score (nSPS) is 15.2. The van der Waals surface area contributed by atoms with Gasteiger partial charge in [0.1, 0.15) is 0 Å². The highest BCUT2D eigenvalue weighted by atomic mass is 127. The molecule has 0 aromatic heterocycles. The number of likely N-dealkylation sites (tertiary alicyclic amines) is 1. The van der Waals surface area contributed by atoms with Crippen molar-refractivity contribution in [3.8, 4) is 0 Å². The van der Waals surface area contributed by atoms with Gasteiger partial charge in [-0.15, -0.1) is 24.0 Å². The van der Waals surface area contributed by atoms with Crippen LogP contribution >= 0.6 is 24.0 Å². The van der Waals surface area contributed by atoms with E-state index in [1.165, 1.54) is 19.9 Å². The quantitative estimate of drug-likeness (QED) is 0.382. The highest BCUT2D eigenvalue weighted by molar-refractivity contribution is 14.0. The van der Waals surface area contributed by atoms with Crippen LogP contribution in [0.2, 0.25) is 0 Å². The molecule has 136 valence electrons. The van der Waals surface area contributed by atoms with E-state index in [0.29, 0.717) is 6.54 Å². The monoisotopic (exact) mass is 466 g/mol. The number of benzene rings is 1. The molecule has 2 N–H and O–H groups in total. The Morgan fingerprint density at radius 3 is 2.29 bits per heavy atom. The number of rotatable bonds is 6. The molecule has 6 nitrogen and oxygen atoms in total. The average Bonchev–Trinajstić information content (AvgIpc) is 3.07. The predicted octanol–water partition coefficient (Wildman–Crippen LogP) is 1.92. The molecule has 1 aromatic rings. The van der Waals surface area contributed by atoms with E-state index in [1.54, 1.807) is 0 Å². The second-order valence-electron chi connectivity index (χ2n) is 5.64. The van der Waals surface area contributed by atoms with Crippen LogP contribution in [0.4, 0.5) is 0 Å². The van der Waals surface area contributed by atoms with E-state index in [9.17, 15) is 8.42 Å². The molecule has 0 unspecified atom stereocenters. The van der Waals surface area contributed by atoms with E-state index in [2.05, 4.69) is 26.9 Å². The Kier molecular flexibility index (Phi) is 8.99. The molecule has 1 fully saturated rings. The maximum Gasteiger partial charge on any atom is 0.215 e. The van der Waals surface area contributed by atoms with Crippen LogP contribution in [0.1, 0.15) is 30.9 Å². The van der Waals surface area contributed by atoms with Gasteiger partial charge in [-0.1, -0.05) is 24.3 Å². The van der Waals surface area contributed by atoms with Gasteiger partial charge >= 0.3 is 0 Å². The number of aliphatic imine (C=N–C) groups is 1. The SMILES string of the molecule is CCNC(=NCc1ccc(CS(=O)(=O)NC)cc1)N1CCCC1.I. The van der Waals surface area contributed by atoms with Crippen molar-refractivity contribution in [2.45, 2.75) is 32.1 Å². The molecule has 1 saturated heterocycles. The molecule has 0 radical (unpaired) electrons. The van der Waals surface area contributed by atoms with Crippen LogP contribution in [0.5, 0.6) is 0 Å². The summed E-state index contributed by atoms with van der Waals surface area (Å²) in [5, 5.41) is 3.33. The van der Waals surface area contributed by atoms with Gasteiger partial charge in [0, 0.05) is 19.6 Å². The highest BCUT2D eigenvalue weighted by Gasteiger charge is 2.15.